The molecule has 2 aromatic heterocycles. The van der Waals surface area contributed by atoms with Gasteiger partial charge < -0.3 is 9.47 Å². The monoisotopic (exact) mass is 282 g/mol. The van der Waals surface area contributed by atoms with E-state index < -0.39 is 0 Å². The van der Waals surface area contributed by atoms with Gasteiger partial charge in [0.2, 0.25) is 5.88 Å². The molecule has 0 bridgehead atoms. The van der Waals surface area contributed by atoms with Gasteiger partial charge in [0.25, 0.3) is 0 Å². The molecule has 0 saturated heterocycles. The van der Waals surface area contributed by atoms with E-state index in [4.69, 9.17) is 9.47 Å². The molecule has 0 unspecified atom stereocenters. The number of hydrogen-bond acceptors (Lipinski definition) is 4. The first kappa shape index (κ1) is 11.3. The molecular weight excluding hydrogens is 272 g/mol. The number of aromatic nitrogens is 2. The number of ether oxygens (including phenoxy) is 2. The van der Waals surface area contributed by atoms with Crippen LogP contribution in [-0.4, -0.2) is 30.3 Å². The fraction of sp³-hybridized carbons (Fsp3) is 0.273. The highest BCUT2D eigenvalue weighted by atomic mass is 79.9. The van der Waals surface area contributed by atoms with E-state index in [2.05, 4.69) is 25.9 Å². The number of nitrogens with zero attached hydrogens (tertiary/aromatic N) is 2. The van der Waals surface area contributed by atoms with Gasteiger partial charge in [0.1, 0.15) is 6.61 Å². The third kappa shape index (κ3) is 2.48. The van der Waals surface area contributed by atoms with Gasteiger partial charge in [-0.25, -0.2) is 4.98 Å². The van der Waals surface area contributed by atoms with Gasteiger partial charge in [-0.2, -0.15) is 0 Å². The molecular formula is C11H11BrN2O2. The summed E-state index contributed by atoms with van der Waals surface area (Å²) >= 11 is 3.44. The lowest BCUT2D eigenvalue weighted by molar-refractivity contribution is 0.144. The van der Waals surface area contributed by atoms with Crippen LogP contribution in [0.1, 0.15) is 0 Å². The van der Waals surface area contributed by atoms with Crippen LogP contribution in [-0.2, 0) is 4.74 Å². The minimum absolute atomic E-state index is 0.498. The number of pyridine rings is 2. The molecule has 4 nitrogen and oxygen atoms in total. The summed E-state index contributed by atoms with van der Waals surface area (Å²) in [5.74, 6) is 0.594. The third-order valence-electron chi connectivity index (χ3n) is 2.11. The first-order valence-electron chi connectivity index (χ1n) is 4.82. The van der Waals surface area contributed by atoms with Crippen molar-refractivity contribution in [2.45, 2.75) is 0 Å². The molecule has 0 saturated carbocycles. The van der Waals surface area contributed by atoms with Gasteiger partial charge in [-0.05, 0) is 15.9 Å². The highest BCUT2D eigenvalue weighted by Gasteiger charge is 2.02. The predicted molar refractivity (Wildman–Crippen MR) is 64.6 cm³/mol. The van der Waals surface area contributed by atoms with E-state index in [1.165, 1.54) is 0 Å². The summed E-state index contributed by atoms with van der Waals surface area (Å²) in [6.45, 7) is 1.05. The molecule has 0 fully saturated rings. The summed E-state index contributed by atoms with van der Waals surface area (Å²) in [5.41, 5.74) is 0. The Kier molecular flexibility index (Phi) is 3.69. The predicted octanol–water partition coefficient (Wildman–Crippen LogP) is 2.42. The van der Waals surface area contributed by atoms with E-state index in [1.54, 1.807) is 25.7 Å². The first-order valence-corrected chi connectivity index (χ1v) is 5.61. The molecule has 0 aliphatic heterocycles. The molecule has 0 aliphatic carbocycles. The van der Waals surface area contributed by atoms with E-state index in [0.29, 0.717) is 19.1 Å². The standard InChI is InChI=1S/C11H11BrN2O2/c1-15-2-3-16-11-4-9-8(6-14-11)5-13-7-10(9)12/h4-7H,2-3H2,1H3. The second-order valence-electron chi connectivity index (χ2n) is 3.21. The number of halogens is 1. The van der Waals surface area contributed by atoms with Crippen molar-refractivity contribution in [2.24, 2.45) is 0 Å². The molecule has 5 heteroatoms. The lowest BCUT2D eigenvalue weighted by atomic mass is 10.2. The smallest absolute Gasteiger partial charge is 0.213 e. The lowest BCUT2D eigenvalue weighted by Gasteiger charge is -2.06. The van der Waals surface area contributed by atoms with Crippen molar-refractivity contribution in [1.29, 1.82) is 0 Å². The second kappa shape index (κ2) is 5.23. The Bertz CT molecular complexity index is 490. The maximum atomic E-state index is 5.43. The topological polar surface area (TPSA) is 44.2 Å². The molecule has 0 aliphatic rings. The average Bonchev–Trinajstić information content (AvgIpc) is 2.30. The van der Waals surface area contributed by atoms with Crippen LogP contribution in [0, 0.1) is 0 Å². The van der Waals surface area contributed by atoms with Gasteiger partial charge in [0.15, 0.2) is 0 Å². The molecule has 0 radical (unpaired) electrons. The molecule has 0 N–H and O–H groups in total. The van der Waals surface area contributed by atoms with Crippen molar-refractivity contribution >= 4 is 26.7 Å². The maximum Gasteiger partial charge on any atom is 0.213 e. The minimum atomic E-state index is 0.498. The normalized spacial score (nSPS) is 10.6. The Morgan fingerprint density at radius 1 is 1.25 bits per heavy atom. The Balaban J connectivity index is 2.25. The number of fused-ring (bicyclic) bond motifs is 1. The molecule has 16 heavy (non-hydrogen) atoms. The van der Waals surface area contributed by atoms with Gasteiger partial charge in [-0.15, -0.1) is 0 Å². The molecule has 2 rings (SSSR count). The summed E-state index contributed by atoms with van der Waals surface area (Å²) in [7, 11) is 1.64. The van der Waals surface area contributed by atoms with E-state index in [1.807, 2.05) is 6.07 Å². The Hall–Kier alpha value is -1.20. The SMILES string of the molecule is COCCOc1cc2c(Br)cncc2cn1. The fourth-order valence-corrected chi connectivity index (χ4v) is 1.78. The molecule has 84 valence electrons. The van der Waals surface area contributed by atoms with Crippen molar-refractivity contribution in [1.82, 2.24) is 9.97 Å². The van der Waals surface area contributed by atoms with Gasteiger partial charge in [0.05, 0.1) is 6.61 Å². The third-order valence-corrected chi connectivity index (χ3v) is 2.74. The summed E-state index contributed by atoms with van der Waals surface area (Å²) in [6, 6.07) is 1.89. The van der Waals surface area contributed by atoms with Crippen molar-refractivity contribution < 1.29 is 9.47 Å². The highest BCUT2D eigenvalue weighted by molar-refractivity contribution is 9.10. The van der Waals surface area contributed by atoms with E-state index in [-0.39, 0.29) is 0 Å². The summed E-state index contributed by atoms with van der Waals surface area (Å²) in [4.78, 5) is 8.25. The van der Waals surface area contributed by atoms with Gasteiger partial charge >= 0.3 is 0 Å². The molecule has 0 aromatic carbocycles. The van der Waals surface area contributed by atoms with Crippen LogP contribution >= 0.6 is 15.9 Å². The van der Waals surface area contributed by atoms with Crippen molar-refractivity contribution in [3.63, 3.8) is 0 Å². The van der Waals surface area contributed by atoms with Crippen LogP contribution < -0.4 is 4.74 Å². The minimum Gasteiger partial charge on any atom is -0.475 e. The van der Waals surface area contributed by atoms with Gasteiger partial charge in [0, 0.05) is 47.0 Å². The van der Waals surface area contributed by atoms with Crippen LogP contribution in [0.15, 0.2) is 29.1 Å². The average molecular weight is 283 g/mol. The Morgan fingerprint density at radius 3 is 2.94 bits per heavy atom. The molecule has 0 amide bonds. The van der Waals surface area contributed by atoms with Crippen LogP contribution in [0.2, 0.25) is 0 Å². The highest BCUT2D eigenvalue weighted by Crippen LogP contribution is 2.24. The Labute approximate surface area is 102 Å². The lowest BCUT2D eigenvalue weighted by Crippen LogP contribution is -2.05. The molecule has 2 heterocycles. The summed E-state index contributed by atoms with van der Waals surface area (Å²) in [6.07, 6.45) is 5.27. The summed E-state index contributed by atoms with van der Waals surface area (Å²) < 4.78 is 11.3. The van der Waals surface area contributed by atoms with E-state index in [0.717, 1.165) is 15.2 Å². The van der Waals surface area contributed by atoms with Crippen LogP contribution in [0.25, 0.3) is 10.8 Å². The largest absolute Gasteiger partial charge is 0.475 e. The molecule has 0 spiro atoms. The van der Waals surface area contributed by atoms with Crippen molar-refractivity contribution in [3.8, 4) is 5.88 Å². The molecule has 2 aromatic rings. The van der Waals surface area contributed by atoms with Crippen molar-refractivity contribution in [2.75, 3.05) is 20.3 Å². The second-order valence-corrected chi connectivity index (χ2v) is 4.06. The van der Waals surface area contributed by atoms with Crippen LogP contribution in [0.4, 0.5) is 0 Å². The van der Waals surface area contributed by atoms with Crippen LogP contribution in [0.3, 0.4) is 0 Å². The fourth-order valence-electron chi connectivity index (χ4n) is 1.32. The maximum absolute atomic E-state index is 5.43. The molecule has 0 atom stereocenters. The zero-order valence-corrected chi connectivity index (χ0v) is 10.4. The summed E-state index contributed by atoms with van der Waals surface area (Å²) in [5, 5.41) is 2.02. The number of hydrogen-bond donors (Lipinski definition) is 0. The van der Waals surface area contributed by atoms with Gasteiger partial charge in [-0.3, -0.25) is 4.98 Å². The Morgan fingerprint density at radius 2 is 2.12 bits per heavy atom. The number of rotatable bonds is 4. The zero-order valence-electron chi connectivity index (χ0n) is 8.81. The number of methoxy groups -OCH3 is 1. The van der Waals surface area contributed by atoms with Gasteiger partial charge in [-0.1, -0.05) is 0 Å². The quantitative estimate of drug-likeness (QED) is 0.808. The zero-order chi connectivity index (χ0) is 11.4. The first-order chi connectivity index (χ1) is 7.81. The van der Waals surface area contributed by atoms with Crippen molar-refractivity contribution in [3.05, 3.63) is 29.1 Å². The van der Waals surface area contributed by atoms with Crippen LogP contribution in [0.5, 0.6) is 5.88 Å². The van der Waals surface area contributed by atoms with E-state index >= 15 is 0 Å². The van der Waals surface area contributed by atoms with E-state index in [9.17, 15) is 0 Å².